The molecule has 5 nitrogen and oxygen atoms in total. The van der Waals surface area contributed by atoms with Crippen LogP contribution in [0.3, 0.4) is 0 Å². The first-order valence-electron chi connectivity index (χ1n) is 5.57. The van der Waals surface area contributed by atoms with Crippen LogP contribution in [0.1, 0.15) is 25.7 Å². The summed E-state index contributed by atoms with van der Waals surface area (Å²) in [4.78, 5) is 0. The minimum atomic E-state index is -3.46. The summed E-state index contributed by atoms with van der Waals surface area (Å²) in [6.07, 6.45) is 4.46. The van der Waals surface area contributed by atoms with E-state index in [-0.39, 0.29) is 0 Å². The molecule has 0 spiro atoms. The number of piperidine rings is 1. The molecule has 0 aromatic rings. The Morgan fingerprint density at radius 1 is 1.20 bits per heavy atom. The molecule has 1 saturated heterocycles. The van der Waals surface area contributed by atoms with Gasteiger partial charge in [0.15, 0.2) is 0 Å². The Morgan fingerprint density at radius 2 is 1.80 bits per heavy atom. The van der Waals surface area contributed by atoms with Gasteiger partial charge in [-0.25, -0.2) is 5.14 Å². The van der Waals surface area contributed by atoms with Gasteiger partial charge in [0.1, 0.15) is 0 Å². The highest BCUT2D eigenvalue weighted by atomic mass is 32.2. The van der Waals surface area contributed by atoms with Crippen LogP contribution in [0.4, 0.5) is 0 Å². The van der Waals surface area contributed by atoms with Gasteiger partial charge >= 0.3 is 0 Å². The summed E-state index contributed by atoms with van der Waals surface area (Å²) >= 11 is 0. The predicted octanol–water partition coefficient (Wildman–Crippen LogP) is -0.346. The standard InChI is InChI=1S/C9H19N3O2S/c10-15(13,14)12-5-3-9(4-6-12)11-7-8-1-2-8/h8-9,11H,1-7H2,(H2,10,13,14). The molecule has 0 bridgehead atoms. The van der Waals surface area contributed by atoms with Gasteiger partial charge in [0.05, 0.1) is 0 Å². The van der Waals surface area contributed by atoms with Crippen LogP contribution in [-0.2, 0) is 10.2 Å². The Labute approximate surface area is 91.2 Å². The number of hydrogen-bond acceptors (Lipinski definition) is 3. The molecule has 3 N–H and O–H groups in total. The van der Waals surface area contributed by atoms with Crippen LogP contribution in [0, 0.1) is 5.92 Å². The van der Waals surface area contributed by atoms with E-state index in [1.807, 2.05) is 0 Å². The SMILES string of the molecule is NS(=O)(=O)N1CCC(NCC2CC2)CC1. The number of nitrogens with zero attached hydrogens (tertiary/aromatic N) is 1. The van der Waals surface area contributed by atoms with E-state index in [1.165, 1.54) is 17.1 Å². The number of hydrogen-bond donors (Lipinski definition) is 2. The second kappa shape index (κ2) is 4.37. The van der Waals surface area contributed by atoms with Crippen molar-refractivity contribution in [2.24, 2.45) is 11.1 Å². The first-order chi connectivity index (χ1) is 7.05. The highest BCUT2D eigenvalue weighted by molar-refractivity contribution is 7.86. The van der Waals surface area contributed by atoms with Gasteiger partial charge in [-0.3, -0.25) is 0 Å². The van der Waals surface area contributed by atoms with E-state index in [0.29, 0.717) is 19.1 Å². The quantitative estimate of drug-likeness (QED) is 0.697. The second-order valence-electron chi connectivity index (χ2n) is 4.57. The number of nitrogens with two attached hydrogens (primary N) is 1. The second-order valence-corrected chi connectivity index (χ2v) is 6.12. The van der Waals surface area contributed by atoms with Crippen molar-refractivity contribution in [2.75, 3.05) is 19.6 Å². The molecule has 2 fully saturated rings. The average Bonchev–Trinajstić information content (AvgIpc) is 2.97. The molecule has 6 heteroatoms. The molecular weight excluding hydrogens is 214 g/mol. The van der Waals surface area contributed by atoms with Crippen molar-refractivity contribution in [3.63, 3.8) is 0 Å². The molecule has 1 aliphatic heterocycles. The van der Waals surface area contributed by atoms with Crippen LogP contribution in [0.5, 0.6) is 0 Å². The van der Waals surface area contributed by atoms with Crippen LogP contribution in [0.25, 0.3) is 0 Å². The molecule has 1 saturated carbocycles. The summed E-state index contributed by atoms with van der Waals surface area (Å²) in [5.74, 6) is 0.876. The maximum absolute atomic E-state index is 11.1. The minimum Gasteiger partial charge on any atom is -0.314 e. The molecule has 88 valence electrons. The van der Waals surface area contributed by atoms with Crippen LogP contribution in [0.15, 0.2) is 0 Å². The van der Waals surface area contributed by atoms with Crippen molar-refractivity contribution in [3.8, 4) is 0 Å². The molecule has 1 heterocycles. The van der Waals surface area contributed by atoms with Crippen molar-refractivity contribution < 1.29 is 8.42 Å². The fraction of sp³-hybridized carbons (Fsp3) is 1.00. The lowest BCUT2D eigenvalue weighted by Gasteiger charge is -2.30. The Hall–Kier alpha value is -0.170. The van der Waals surface area contributed by atoms with Gasteiger partial charge in [-0.1, -0.05) is 0 Å². The van der Waals surface area contributed by atoms with Crippen molar-refractivity contribution in [2.45, 2.75) is 31.7 Å². The fourth-order valence-corrected chi connectivity index (χ4v) is 2.69. The van der Waals surface area contributed by atoms with Gasteiger partial charge in [-0.2, -0.15) is 12.7 Å². The molecule has 2 aliphatic rings. The molecule has 15 heavy (non-hydrogen) atoms. The summed E-state index contributed by atoms with van der Waals surface area (Å²) in [6.45, 7) is 2.21. The summed E-state index contributed by atoms with van der Waals surface area (Å²) in [5, 5.41) is 8.56. The van der Waals surface area contributed by atoms with E-state index in [4.69, 9.17) is 5.14 Å². The summed E-state index contributed by atoms with van der Waals surface area (Å²) in [6, 6.07) is 0.476. The van der Waals surface area contributed by atoms with Crippen molar-refractivity contribution >= 4 is 10.2 Å². The molecule has 2 rings (SSSR count). The van der Waals surface area contributed by atoms with E-state index in [2.05, 4.69) is 5.32 Å². The Morgan fingerprint density at radius 3 is 2.27 bits per heavy atom. The maximum atomic E-state index is 11.1. The zero-order valence-electron chi connectivity index (χ0n) is 8.85. The van der Waals surface area contributed by atoms with Gasteiger partial charge in [0, 0.05) is 19.1 Å². The molecule has 0 amide bonds. The molecular formula is C9H19N3O2S. The van der Waals surface area contributed by atoms with Crippen LogP contribution in [-0.4, -0.2) is 38.4 Å². The lowest BCUT2D eigenvalue weighted by Crippen LogP contribution is -2.47. The number of rotatable bonds is 4. The van der Waals surface area contributed by atoms with Gasteiger partial charge in [-0.05, 0) is 38.1 Å². The molecule has 0 atom stereocenters. The smallest absolute Gasteiger partial charge is 0.276 e. The summed E-state index contributed by atoms with van der Waals surface area (Å²) in [7, 11) is -3.46. The minimum absolute atomic E-state index is 0.476. The maximum Gasteiger partial charge on any atom is 0.276 e. The number of nitrogens with one attached hydrogen (secondary N) is 1. The third-order valence-corrected chi connectivity index (χ3v) is 4.29. The van der Waals surface area contributed by atoms with Crippen molar-refractivity contribution in [3.05, 3.63) is 0 Å². The lowest BCUT2D eigenvalue weighted by molar-refractivity contribution is 0.288. The van der Waals surface area contributed by atoms with Gasteiger partial charge < -0.3 is 5.32 Å². The average molecular weight is 233 g/mol. The summed E-state index contributed by atoms with van der Waals surface area (Å²) < 4.78 is 23.5. The third kappa shape index (κ3) is 3.41. The van der Waals surface area contributed by atoms with Gasteiger partial charge in [0.2, 0.25) is 0 Å². The normalized spacial score (nSPS) is 25.7. The topological polar surface area (TPSA) is 75.4 Å². The monoisotopic (exact) mass is 233 g/mol. The zero-order valence-corrected chi connectivity index (χ0v) is 9.67. The van der Waals surface area contributed by atoms with E-state index >= 15 is 0 Å². The third-order valence-electron chi connectivity index (χ3n) is 3.21. The molecule has 0 aromatic carbocycles. The van der Waals surface area contributed by atoms with Gasteiger partial charge in [-0.15, -0.1) is 0 Å². The molecule has 0 radical (unpaired) electrons. The largest absolute Gasteiger partial charge is 0.314 e. The van der Waals surface area contributed by atoms with Crippen LogP contribution < -0.4 is 10.5 Å². The fourth-order valence-electron chi connectivity index (χ4n) is 1.97. The van der Waals surface area contributed by atoms with Crippen molar-refractivity contribution in [1.29, 1.82) is 0 Å². The van der Waals surface area contributed by atoms with Crippen molar-refractivity contribution in [1.82, 2.24) is 9.62 Å². The summed E-state index contributed by atoms with van der Waals surface area (Å²) in [5.41, 5.74) is 0. The van der Waals surface area contributed by atoms with Crippen LogP contribution >= 0.6 is 0 Å². The molecule has 0 unspecified atom stereocenters. The lowest BCUT2D eigenvalue weighted by atomic mass is 10.1. The Bertz CT molecular complexity index is 305. The Kier molecular flexibility index (Phi) is 3.30. The van der Waals surface area contributed by atoms with Gasteiger partial charge in [0.25, 0.3) is 10.2 Å². The first kappa shape index (κ1) is 11.3. The predicted molar refractivity (Wildman–Crippen MR) is 58.4 cm³/mol. The first-order valence-corrected chi connectivity index (χ1v) is 7.07. The van der Waals surface area contributed by atoms with E-state index in [1.54, 1.807) is 0 Å². The Balaban J connectivity index is 1.71. The van der Waals surface area contributed by atoms with Crippen LogP contribution in [0.2, 0.25) is 0 Å². The highest BCUT2D eigenvalue weighted by Crippen LogP contribution is 2.28. The van der Waals surface area contributed by atoms with E-state index < -0.39 is 10.2 Å². The van der Waals surface area contributed by atoms with E-state index in [9.17, 15) is 8.42 Å². The van der Waals surface area contributed by atoms with E-state index in [0.717, 1.165) is 25.3 Å². The molecule has 0 aromatic heterocycles. The zero-order chi connectivity index (χ0) is 10.9. The molecule has 1 aliphatic carbocycles. The highest BCUT2D eigenvalue weighted by Gasteiger charge is 2.27.